The van der Waals surface area contributed by atoms with Crippen molar-refractivity contribution < 1.29 is 25.2 Å². The summed E-state index contributed by atoms with van der Waals surface area (Å²) >= 11 is 0. The molecular weight excluding hydrogens is 248 g/mol. The van der Waals surface area contributed by atoms with Gasteiger partial charge in [-0.15, -0.1) is 0 Å². The van der Waals surface area contributed by atoms with Gasteiger partial charge in [-0.2, -0.15) is 0 Å². The second kappa shape index (κ2) is 8.30. The van der Waals surface area contributed by atoms with Crippen molar-refractivity contribution >= 4 is 5.97 Å². The lowest BCUT2D eigenvalue weighted by Crippen LogP contribution is -2.24. The summed E-state index contributed by atoms with van der Waals surface area (Å²) in [6, 6.07) is 0. The van der Waals surface area contributed by atoms with E-state index in [4.69, 9.17) is 5.11 Å². The zero-order valence-electron chi connectivity index (χ0n) is 11.1. The molecule has 0 heterocycles. The van der Waals surface area contributed by atoms with E-state index in [0.717, 1.165) is 12.8 Å². The van der Waals surface area contributed by atoms with Crippen LogP contribution in [0.5, 0.6) is 0 Å². The Bertz CT molecular complexity index is 302. The molecule has 2 unspecified atom stereocenters. The first-order chi connectivity index (χ1) is 9.06. The van der Waals surface area contributed by atoms with Crippen LogP contribution >= 0.6 is 0 Å². The molecule has 1 aliphatic carbocycles. The standard InChI is InChI=1S/C14H24O5/c15-9-11-10(12(16)8-13(11)17)6-4-2-1-3-5-7-14(18)19/h2,4,10-13,15-17H,1,3,5-9H2,(H,18,19)/t10-,11-,12?,13?/m1/s1. The van der Waals surface area contributed by atoms with Crippen LogP contribution in [0.4, 0.5) is 0 Å². The minimum Gasteiger partial charge on any atom is -0.481 e. The minimum atomic E-state index is -0.766. The zero-order valence-corrected chi connectivity index (χ0v) is 11.1. The smallest absolute Gasteiger partial charge is 0.303 e. The molecule has 0 aromatic rings. The van der Waals surface area contributed by atoms with Crippen LogP contribution < -0.4 is 0 Å². The molecule has 19 heavy (non-hydrogen) atoms. The molecule has 0 bridgehead atoms. The van der Waals surface area contributed by atoms with Crippen LogP contribution in [-0.2, 0) is 4.79 Å². The van der Waals surface area contributed by atoms with E-state index in [1.807, 2.05) is 12.2 Å². The van der Waals surface area contributed by atoms with E-state index in [-0.39, 0.29) is 24.9 Å². The summed E-state index contributed by atoms with van der Waals surface area (Å²) in [5.74, 6) is -1.10. The lowest BCUT2D eigenvalue weighted by molar-refractivity contribution is -0.137. The van der Waals surface area contributed by atoms with Crippen LogP contribution in [0.25, 0.3) is 0 Å². The predicted molar refractivity (Wildman–Crippen MR) is 70.6 cm³/mol. The van der Waals surface area contributed by atoms with E-state index < -0.39 is 18.2 Å². The molecule has 4 N–H and O–H groups in total. The average Bonchev–Trinajstić information content (AvgIpc) is 2.62. The third-order valence-electron chi connectivity index (χ3n) is 3.82. The molecular formula is C14H24O5. The van der Waals surface area contributed by atoms with Crippen LogP contribution in [0.2, 0.25) is 0 Å². The molecule has 110 valence electrons. The molecule has 0 aromatic carbocycles. The number of carboxylic acid groups (broad SMARTS) is 1. The maximum atomic E-state index is 10.3. The molecule has 4 atom stereocenters. The molecule has 1 fully saturated rings. The molecule has 0 aliphatic heterocycles. The number of unbranched alkanes of at least 4 members (excludes halogenated alkanes) is 2. The maximum absolute atomic E-state index is 10.3. The number of rotatable bonds is 8. The molecule has 5 nitrogen and oxygen atoms in total. The van der Waals surface area contributed by atoms with Crippen molar-refractivity contribution in [2.75, 3.05) is 6.61 Å². The normalized spacial score (nSPS) is 31.1. The van der Waals surface area contributed by atoms with Gasteiger partial charge in [0.1, 0.15) is 0 Å². The Morgan fingerprint density at radius 3 is 2.42 bits per heavy atom. The lowest BCUT2D eigenvalue weighted by Gasteiger charge is -2.19. The number of aliphatic hydroxyl groups is 3. The Balaban J connectivity index is 2.22. The van der Waals surface area contributed by atoms with E-state index in [0.29, 0.717) is 19.3 Å². The summed E-state index contributed by atoms with van der Waals surface area (Å²) in [7, 11) is 0. The van der Waals surface area contributed by atoms with Crippen LogP contribution in [0.1, 0.15) is 38.5 Å². The summed E-state index contributed by atoms with van der Waals surface area (Å²) in [4.78, 5) is 10.3. The molecule has 0 saturated heterocycles. The van der Waals surface area contributed by atoms with E-state index >= 15 is 0 Å². The van der Waals surface area contributed by atoms with Crippen molar-refractivity contribution in [3.63, 3.8) is 0 Å². The monoisotopic (exact) mass is 272 g/mol. The van der Waals surface area contributed by atoms with Gasteiger partial charge in [0, 0.05) is 18.9 Å². The van der Waals surface area contributed by atoms with Gasteiger partial charge in [-0.25, -0.2) is 0 Å². The molecule has 0 amide bonds. The maximum Gasteiger partial charge on any atom is 0.303 e. The second-order valence-electron chi connectivity index (χ2n) is 5.23. The SMILES string of the molecule is O=C(O)CCCCC=CC[C@H]1C(O)CC(O)[C@@H]1CO. The van der Waals surface area contributed by atoms with Crippen LogP contribution in [0.15, 0.2) is 12.2 Å². The Hall–Kier alpha value is -0.910. The zero-order chi connectivity index (χ0) is 14.3. The Kier molecular flexibility index (Phi) is 7.05. The van der Waals surface area contributed by atoms with Gasteiger partial charge in [0.2, 0.25) is 0 Å². The molecule has 0 spiro atoms. The first-order valence-corrected chi connectivity index (χ1v) is 6.90. The van der Waals surface area contributed by atoms with Gasteiger partial charge in [-0.05, 0) is 38.0 Å². The van der Waals surface area contributed by atoms with Gasteiger partial charge in [-0.1, -0.05) is 12.2 Å². The first-order valence-electron chi connectivity index (χ1n) is 6.90. The predicted octanol–water partition coefficient (Wildman–Crippen LogP) is 0.928. The van der Waals surface area contributed by atoms with Crippen molar-refractivity contribution in [2.45, 2.75) is 50.7 Å². The van der Waals surface area contributed by atoms with Gasteiger partial charge in [-0.3, -0.25) is 4.79 Å². The molecule has 1 aliphatic rings. The Labute approximate surface area is 113 Å². The molecule has 0 radical (unpaired) electrons. The van der Waals surface area contributed by atoms with E-state index in [1.54, 1.807) is 0 Å². The minimum absolute atomic E-state index is 0.0877. The summed E-state index contributed by atoms with van der Waals surface area (Å²) in [6.07, 6.45) is 6.27. The van der Waals surface area contributed by atoms with Crippen molar-refractivity contribution in [3.05, 3.63) is 12.2 Å². The number of aliphatic hydroxyl groups excluding tert-OH is 3. The van der Waals surface area contributed by atoms with Crippen molar-refractivity contribution in [1.82, 2.24) is 0 Å². The second-order valence-corrected chi connectivity index (χ2v) is 5.23. The van der Waals surface area contributed by atoms with E-state index in [2.05, 4.69) is 0 Å². The highest BCUT2D eigenvalue weighted by molar-refractivity contribution is 5.66. The lowest BCUT2D eigenvalue weighted by atomic mass is 9.91. The van der Waals surface area contributed by atoms with Gasteiger partial charge < -0.3 is 20.4 Å². The number of allylic oxidation sites excluding steroid dienone is 2. The highest BCUT2D eigenvalue weighted by Gasteiger charge is 2.40. The summed E-state index contributed by atoms with van der Waals surface area (Å²) in [5.41, 5.74) is 0. The third-order valence-corrected chi connectivity index (χ3v) is 3.82. The number of carbonyl (C=O) groups is 1. The molecule has 1 saturated carbocycles. The highest BCUT2D eigenvalue weighted by atomic mass is 16.4. The van der Waals surface area contributed by atoms with Crippen LogP contribution in [-0.4, -0.2) is 45.2 Å². The number of aliphatic carboxylic acids is 1. The van der Waals surface area contributed by atoms with Gasteiger partial charge in [0.15, 0.2) is 0 Å². The topological polar surface area (TPSA) is 98.0 Å². The Morgan fingerprint density at radius 1 is 1.11 bits per heavy atom. The quantitative estimate of drug-likeness (QED) is 0.389. The number of hydrogen-bond acceptors (Lipinski definition) is 4. The third kappa shape index (κ3) is 5.30. The van der Waals surface area contributed by atoms with E-state index in [1.165, 1.54) is 0 Å². The van der Waals surface area contributed by atoms with Crippen molar-refractivity contribution in [3.8, 4) is 0 Å². The van der Waals surface area contributed by atoms with Gasteiger partial charge >= 0.3 is 5.97 Å². The molecule has 5 heteroatoms. The van der Waals surface area contributed by atoms with Crippen LogP contribution in [0, 0.1) is 11.8 Å². The average molecular weight is 272 g/mol. The highest BCUT2D eigenvalue weighted by Crippen LogP contribution is 2.34. The van der Waals surface area contributed by atoms with Gasteiger partial charge in [0.25, 0.3) is 0 Å². The summed E-state index contributed by atoms with van der Waals surface area (Å²) in [6.45, 7) is -0.102. The fraction of sp³-hybridized carbons (Fsp3) is 0.786. The molecule has 1 rings (SSSR count). The Morgan fingerprint density at radius 2 is 1.79 bits per heavy atom. The fourth-order valence-corrected chi connectivity index (χ4v) is 2.67. The largest absolute Gasteiger partial charge is 0.481 e. The van der Waals surface area contributed by atoms with Crippen LogP contribution in [0.3, 0.4) is 0 Å². The fourth-order valence-electron chi connectivity index (χ4n) is 2.67. The number of hydrogen-bond donors (Lipinski definition) is 4. The summed E-state index contributed by atoms with van der Waals surface area (Å²) < 4.78 is 0. The molecule has 0 aromatic heterocycles. The summed E-state index contributed by atoms with van der Waals surface area (Å²) in [5, 5.41) is 37.1. The van der Waals surface area contributed by atoms with Crippen molar-refractivity contribution in [1.29, 1.82) is 0 Å². The number of carboxylic acids is 1. The van der Waals surface area contributed by atoms with E-state index in [9.17, 15) is 20.1 Å². The van der Waals surface area contributed by atoms with Gasteiger partial charge in [0.05, 0.1) is 12.2 Å². The van der Waals surface area contributed by atoms with Crippen molar-refractivity contribution in [2.24, 2.45) is 11.8 Å². The first kappa shape index (κ1) is 16.1.